The van der Waals surface area contributed by atoms with Crippen molar-refractivity contribution in [1.82, 2.24) is 15.0 Å². The Hall–Kier alpha value is -1.63. The van der Waals surface area contributed by atoms with Gasteiger partial charge in [0, 0.05) is 19.2 Å². The van der Waals surface area contributed by atoms with Crippen LogP contribution in [0.15, 0.2) is 0 Å². The molecule has 1 aromatic rings. The van der Waals surface area contributed by atoms with Crippen molar-refractivity contribution in [3.05, 3.63) is 0 Å². The lowest BCUT2D eigenvalue weighted by Crippen LogP contribution is -2.19. The number of aliphatic hydroxyl groups is 1. The highest BCUT2D eigenvalue weighted by molar-refractivity contribution is 5.36. The standard InChI is InChI=1S/C14H27N5O2/c1-4-8-15-12-17-13(16-11(3)7-6-9-20)19-14(18-12)21-10-5-2/h11,20H,4-10H2,1-3H3,(H2,15,16,17,18,19). The Morgan fingerprint density at radius 1 is 1.14 bits per heavy atom. The zero-order chi connectivity index (χ0) is 15.5. The zero-order valence-corrected chi connectivity index (χ0v) is 13.2. The van der Waals surface area contributed by atoms with Crippen LogP contribution in [0.1, 0.15) is 46.5 Å². The first-order chi connectivity index (χ1) is 10.2. The Balaban J connectivity index is 2.74. The molecule has 0 amide bonds. The van der Waals surface area contributed by atoms with Gasteiger partial charge in [0.25, 0.3) is 0 Å². The summed E-state index contributed by atoms with van der Waals surface area (Å²) in [7, 11) is 0. The third-order valence-corrected chi connectivity index (χ3v) is 2.75. The van der Waals surface area contributed by atoms with Crippen LogP contribution in [0.3, 0.4) is 0 Å². The van der Waals surface area contributed by atoms with Crippen molar-refractivity contribution in [2.24, 2.45) is 0 Å². The highest BCUT2D eigenvalue weighted by Gasteiger charge is 2.09. The van der Waals surface area contributed by atoms with Crippen LogP contribution in [-0.2, 0) is 0 Å². The van der Waals surface area contributed by atoms with Gasteiger partial charge in [0.2, 0.25) is 11.9 Å². The Morgan fingerprint density at radius 2 is 1.90 bits per heavy atom. The summed E-state index contributed by atoms with van der Waals surface area (Å²) in [5.74, 6) is 1.02. The molecular weight excluding hydrogens is 270 g/mol. The topological polar surface area (TPSA) is 92.2 Å². The quantitative estimate of drug-likeness (QED) is 0.575. The SMILES string of the molecule is CCCNc1nc(NC(C)CCCO)nc(OCCC)n1. The number of hydrogen-bond acceptors (Lipinski definition) is 7. The molecule has 0 bridgehead atoms. The highest BCUT2D eigenvalue weighted by atomic mass is 16.5. The largest absolute Gasteiger partial charge is 0.463 e. The predicted octanol–water partition coefficient (Wildman–Crippen LogP) is 2.06. The Kier molecular flexibility index (Phi) is 8.42. The molecule has 0 fully saturated rings. The number of ether oxygens (including phenoxy) is 1. The zero-order valence-electron chi connectivity index (χ0n) is 13.2. The monoisotopic (exact) mass is 297 g/mol. The lowest BCUT2D eigenvalue weighted by atomic mass is 10.2. The van der Waals surface area contributed by atoms with Crippen molar-refractivity contribution in [3.63, 3.8) is 0 Å². The minimum atomic E-state index is 0.178. The van der Waals surface area contributed by atoms with Crippen molar-refractivity contribution in [1.29, 1.82) is 0 Å². The van der Waals surface area contributed by atoms with E-state index in [4.69, 9.17) is 9.84 Å². The van der Waals surface area contributed by atoms with Gasteiger partial charge in [0.1, 0.15) is 0 Å². The fourth-order valence-corrected chi connectivity index (χ4v) is 1.68. The maximum Gasteiger partial charge on any atom is 0.323 e. The van der Waals surface area contributed by atoms with Crippen LogP contribution in [0.4, 0.5) is 11.9 Å². The summed E-state index contributed by atoms with van der Waals surface area (Å²) in [6.07, 6.45) is 3.50. The van der Waals surface area contributed by atoms with Gasteiger partial charge in [0.15, 0.2) is 0 Å². The summed E-state index contributed by atoms with van der Waals surface area (Å²) in [6, 6.07) is 0.514. The summed E-state index contributed by atoms with van der Waals surface area (Å²) in [4.78, 5) is 12.9. The second-order valence-corrected chi connectivity index (χ2v) is 4.95. The molecule has 0 radical (unpaired) electrons. The van der Waals surface area contributed by atoms with E-state index >= 15 is 0 Å². The molecule has 0 aromatic carbocycles. The molecule has 3 N–H and O–H groups in total. The molecule has 0 aliphatic heterocycles. The van der Waals surface area contributed by atoms with E-state index in [1.165, 1.54) is 0 Å². The van der Waals surface area contributed by atoms with E-state index in [2.05, 4.69) is 32.5 Å². The molecule has 7 nitrogen and oxygen atoms in total. The van der Waals surface area contributed by atoms with E-state index in [1.54, 1.807) is 0 Å². The third-order valence-electron chi connectivity index (χ3n) is 2.75. The van der Waals surface area contributed by atoms with E-state index in [-0.39, 0.29) is 12.6 Å². The molecule has 0 saturated heterocycles. The average Bonchev–Trinajstić information content (AvgIpc) is 2.48. The molecule has 120 valence electrons. The van der Waals surface area contributed by atoms with Gasteiger partial charge in [0.05, 0.1) is 6.61 Å². The molecule has 21 heavy (non-hydrogen) atoms. The maximum atomic E-state index is 8.86. The van der Waals surface area contributed by atoms with Gasteiger partial charge in [-0.15, -0.1) is 0 Å². The summed E-state index contributed by atoms with van der Waals surface area (Å²) in [6.45, 7) is 7.72. The van der Waals surface area contributed by atoms with Crippen LogP contribution in [0.2, 0.25) is 0 Å². The fraction of sp³-hybridized carbons (Fsp3) is 0.786. The van der Waals surface area contributed by atoms with Crippen molar-refractivity contribution < 1.29 is 9.84 Å². The number of nitrogens with one attached hydrogen (secondary N) is 2. The summed E-state index contributed by atoms with van der Waals surface area (Å²) < 4.78 is 5.50. The van der Waals surface area contributed by atoms with Crippen molar-refractivity contribution in [3.8, 4) is 6.01 Å². The van der Waals surface area contributed by atoms with Gasteiger partial charge in [-0.1, -0.05) is 13.8 Å². The number of aromatic nitrogens is 3. The number of nitrogens with zero attached hydrogens (tertiary/aromatic N) is 3. The molecule has 1 aromatic heterocycles. The molecule has 0 aliphatic carbocycles. The minimum Gasteiger partial charge on any atom is -0.463 e. The van der Waals surface area contributed by atoms with Crippen LogP contribution in [0.5, 0.6) is 6.01 Å². The van der Waals surface area contributed by atoms with Gasteiger partial charge >= 0.3 is 6.01 Å². The molecule has 0 aliphatic rings. The van der Waals surface area contributed by atoms with Crippen molar-refractivity contribution >= 4 is 11.9 Å². The maximum absolute atomic E-state index is 8.86. The number of rotatable bonds is 11. The molecule has 1 heterocycles. The van der Waals surface area contributed by atoms with Crippen molar-refractivity contribution in [2.75, 3.05) is 30.4 Å². The lowest BCUT2D eigenvalue weighted by molar-refractivity contribution is 0.281. The number of anilines is 2. The summed E-state index contributed by atoms with van der Waals surface area (Å²) >= 11 is 0. The van der Waals surface area contributed by atoms with E-state index in [0.29, 0.717) is 24.5 Å². The van der Waals surface area contributed by atoms with Crippen molar-refractivity contribution in [2.45, 2.75) is 52.5 Å². The third kappa shape index (κ3) is 7.08. The van der Waals surface area contributed by atoms with Gasteiger partial charge in [-0.3, -0.25) is 0 Å². The second-order valence-electron chi connectivity index (χ2n) is 4.95. The smallest absolute Gasteiger partial charge is 0.323 e. The molecule has 0 saturated carbocycles. The molecule has 7 heteroatoms. The highest BCUT2D eigenvalue weighted by Crippen LogP contribution is 2.13. The molecule has 1 atom stereocenters. The Morgan fingerprint density at radius 3 is 2.57 bits per heavy atom. The van der Waals surface area contributed by atoms with Gasteiger partial charge < -0.3 is 20.5 Å². The van der Waals surface area contributed by atoms with Crippen LogP contribution >= 0.6 is 0 Å². The van der Waals surface area contributed by atoms with Crippen LogP contribution < -0.4 is 15.4 Å². The normalized spacial score (nSPS) is 12.0. The summed E-state index contributed by atoms with van der Waals surface area (Å²) in [5, 5.41) is 15.2. The van der Waals surface area contributed by atoms with Crippen LogP contribution in [0, 0.1) is 0 Å². The number of aliphatic hydroxyl groups excluding tert-OH is 1. The van der Waals surface area contributed by atoms with E-state index < -0.39 is 0 Å². The molecular formula is C14H27N5O2. The fourth-order valence-electron chi connectivity index (χ4n) is 1.68. The number of hydrogen-bond donors (Lipinski definition) is 3. The van der Waals surface area contributed by atoms with Crippen LogP contribution in [0.25, 0.3) is 0 Å². The first kappa shape index (κ1) is 17.4. The summed E-state index contributed by atoms with van der Waals surface area (Å²) in [5.41, 5.74) is 0. The Bertz CT molecular complexity index is 377. The van der Waals surface area contributed by atoms with Crippen LogP contribution in [-0.4, -0.2) is 45.9 Å². The molecule has 1 rings (SSSR count). The Labute approximate surface area is 126 Å². The van der Waals surface area contributed by atoms with E-state index in [9.17, 15) is 0 Å². The van der Waals surface area contributed by atoms with Gasteiger partial charge in [-0.05, 0) is 32.6 Å². The molecule has 0 spiro atoms. The van der Waals surface area contributed by atoms with E-state index in [0.717, 1.165) is 32.2 Å². The molecule has 1 unspecified atom stereocenters. The van der Waals surface area contributed by atoms with E-state index in [1.807, 2.05) is 13.8 Å². The average molecular weight is 297 g/mol. The predicted molar refractivity (Wildman–Crippen MR) is 83.8 cm³/mol. The minimum absolute atomic E-state index is 0.178. The first-order valence-corrected chi connectivity index (χ1v) is 7.69. The first-order valence-electron chi connectivity index (χ1n) is 7.69. The van der Waals surface area contributed by atoms with Gasteiger partial charge in [-0.25, -0.2) is 0 Å². The second kappa shape index (κ2) is 10.1. The van der Waals surface area contributed by atoms with Gasteiger partial charge in [-0.2, -0.15) is 15.0 Å². The lowest BCUT2D eigenvalue weighted by Gasteiger charge is -2.14.